The molecule has 116 valence electrons. The van der Waals surface area contributed by atoms with Crippen LogP contribution in [-0.4, -0.2) is 37.0 Å². The Bertz CT molecular complexity index is 658. The van der Waals surface area contributed by atoms with Gasteiger partial charge >= 0.3 is 0 Å². The van der Waals surface area contributed by atoms with E-state index in [-0.39, 0.29) is 5.91 Å². The second kappa shape index (κ2) is 7.01. The molecule has 0 saturated carbocycles. The van der Waals surface area contributed by atoms with Crippen LogP contribution in [0.25, 0.3) is 10.4 Å². The molecule has 1 aliphatic heterocycles. The van der Waals surface area contributed by atoms with E-state index in [9.17, 15) is 4.79 Å². The molecule has 22 heavy (non-hydrogen) atoms. The second-order valence-corrected chi connectivity index (χ2v) is 7.17. The van der Waals surface area contributed by atoms with Gasteiger partial charge in [-0.1, -0.05) is 23.2 Å². The Kier molecular flexibility index (Phi) is 5.03. The number of halogens is 2. The maximum atomic E-state index is 12.6. The number of carbonyl (C=O) groups is 1. The normalized spacial score (nSPS) is 15.6. The zero-order valence-electron chi connectivity index (χ0n) is 11.9. The average Bonchev–Trinajstić information content (AvgIpc) is 2.81. The van der Waals surface area contributed by atoms with E-state index in [0.717, 1.165) is 47.9 Å². The number of thiophene rings is 1. The fourth-order valence-corrected chi connectivity index (χ4v) is 4.00. The topological polar surface area (TPSA) is 32.3 Å². The monoisotopic (exact) mass is 354 g/mol. The lowest BCUT2D eigenvalue weighted by Gasteiger charge is -2.18. The number of nitrogens with one attached hydrogen (secondary N) is 1. The minimum atomic E-state index is 0.105. The van der Waals surface area contributed by atoms with Crippen LogP contribution in [0.1, 0.15) is 16.1 Å². The first-order chi connectivity index (χ1) is 10.6. The lowest BCUT2D eigenvalue weighted by Crippen LogP contribution is -2.33. The van der Waals surface area contributed by atoms with Crippen molar-refractivity contribution in [3.8, 4) is 10.4 Å². The van der Waals surface area contributed by atoms with Gasteiger partial charge in [0.1, 0.15) is 0 Å². The first-order valence-electron chi connectivity index (χ1n) is 7.20. The van der Waals surface area contributed by atoms with Crippen LogP contribution in [0.3, 0.4) is 0 Å². The van der Waals surface area contributed by atoms with Gasteiger partial charge in [-0.3, -0.25) is 4.79 Å². The molecule has 1 N–H and O–H groups in total. The largest absolute Gasteiger partial charge is 0.337 e. The molecule has 0 radical (unpaired) electrons. The van der Waals surface area contributed by atoms with Crippen molar-refractivity contribution in [3.05, 3.63) is 45.3 Å². The second-order valence-electron chi connectivity index (χ2n) is 5.22. The Morgan fingerprint density at radius 2 is 1.86 bits per heavy atom. The molecule has 0 spiro atoms. The van der Waals surface area contributed by atoms with Crippen LogP contribution in [0.4, 0.5) is 0 Å². The fourth-order valence-electron chi connectivity index (χ4n) is 2.51. The lowest BCUT2D eigenvalue weighted by atomic mass is 10.2. The highest BCUT2D eigenvalue weighted by atomic mass is 35.5. The zero-order chi connectivity index (χ0) is 15.5. The zero-order valence-corrected chi connectivity index (χ0v) is 14.3. The van der Waals surface area contributed by atoms with Crippen molar-refractivity contribution in [3.63, 3.8) is 0 Å². The predicted molar refractivity (Wildman–Crippen MR) is 93.2 cm³/mol. The van der Waals surface area contributed by atoms with Crippen molar-refractivity contribution < 1.29 is 4.79 Å². The molecule has 0 atom stereocenters. The molecule has 0 aliphatic carbocycles. The molecule has 0 unspecified atom stereocenters. The smallest absolute Gasteiger partial charge is 0.263 e. The number of benzene rings is 1. The molecule has 2 heterocycles. The van der Waals surface area contributed by atoms with Gasteiger partial charge < -0.3 is 10.2 Å². The van der Waals surface area contributed by atoms with Crippen molar-refractivity contribution in [1.29, 1.82) is 0 Å². The third kappa shape index (κ3) is 3.63. The van der Waals surface area contributed by atoms with Crippen LogP contribution in [-0.2, 0) is 0 Å². The summed E-state index contributed by atoms with van der Waals surface area (Å²) in [7, 11) is 0. The highest BCUT2D eigenvalue weighted by Gasteiger charge is 2.19. The molecule has 0 bridgehead atoms. The van der Waals surface area contributed by atoms with E-state index in [2.05, 4.69) is 5.32 Å². The first-order valence-corrected chi connectivity index (χ1v) is 8.77. The van der Waals surface area contributed by atoms with E-state index in [1.807, 2.05) is 29.2 Å². The van der Waals surface area contributed by atoms with Crippen molar-refractivity contribution in [1.82, 2.24) is 10.2 Å². The Labute approximate surface area is 143 Å². The van der Waals surface area contributed by atoms with Gasteiger partial charge in [-0.2, -0.15) is 0 Å². The number of carbonyl (C=O) groups excluding carboxylic acids is 1. The quantitative estimate of drug-likeness (QED) is 0.878. The van der Waals surface area contributed by atoms with Gasteiger partial charge in [0.2, 0.25) is 0 Å². The summed E-state index contributed by atoms with van der Waals surface area (Å²) in [6, 6.07) is 9.27. The lowest BCUT2D eigenvalue weighted by molar-refractivity contribution is 0.0771. The van der Waals surface area contributed by atoms with Crippen LogP contribution in [0, 0.1) is 0 Å². The van der Waals surface area contributed by atoms with Gasteiger partial charge in [0.25, 0.3) is 5.91 Å². The van der Waals surface area contributed by atoms with Gasteiger partial charge in [0.15, 0.2) is 0 Å². The summed E-state index contributed by atoms with van der Waals surface area (Å²) in [5.41, 5.74) is 0.944. The summed E-state index contributed by atoms with van der Waals surface area (Å²) in [5, 5.41) is 4.51. The summed E-state index contributed by atoms with van der Waals surface area (Å²) in [4.78, 5) is 16.3. The van der Waals surface area contributed by atoms with Crippen LogP contribution in [0.5, 0.6) is 0 Å². The van der Waals surface area contributed by atoms with Gasteiger partial charge in [-0.15, -0.1) is 11.3 Å². The van der Waals surface area contributed by atoms with Crippen LogP contribution in [0.15, 0.2) is 30.3 Å². The van der Waals surface area contributed by atoms with Gasteiger partial charge in [0, 0.05) is 34.6 Å². The molecule has 1 aliphatic rings. The van der Waals surface area contributed by atoms with Crippen LogP contribution in [0.2, 0.25) is 10.0 Å². The molecule has 2 aromatic rings. The SMILES string of the molecule is O=C(c1ccc(-c2cc(Cl)cc(Cl)c2)s1)N1CCCNCC1. The summed E-state index contributed by atoms with van der Waals surface area (Å²) >= 11 is 13.6. The Morgan fingerprint density at radius 1 is 1.09 bits per heavy atom. The maximum Gasteiger partial charge on any atom is 0.263 e. The maximum absolute atomic E-state index is 12.6. The van der Waals surface area contributed by atoms with Gasteiger partial charge in [0.05, 0.1) is 4.88 Å². The van der Waals surface area contributed by atoms with Crippen molar-refractivity contribution in [2.75, 3.05) is 26.2 Å². The third-order valence-corrected chi connectivity index (χ3v) is 5.15. The highest BCUT2D eigenvalue weighted by molar-refractivity contribution is 7.17. The molecule has 1 amide bonds. The predicted octanol–water partition coefficient (Wildman–Crippen LogP) is 4.16. The Hall–Kier alpha value is -1.07. The molecular formula is C16H16Cl2N2OS. The Morgan fingerprint density at radius 3 is 2.64 bits per heavy atom. The third-order valence-electron chi connectivity index (χ3n) is 3.59. The van der Waals surface area contributed by atoms with E-state index >= 15 is 0 Å². The number of nitrogens with zero attached hydrogens (tertiary/aromatic N) is 1. The molecule has 1 aromatic heterocycles. The highest BCUT2D eigenvalue weighted by Crippen LogP contribution is 2.32. The van der Waals surface area contributed by atoms with Crippen LogP contribution < -0.4 is 5.32 Å². The van der Waals surface area contributed by atoms with E-state index in [0.29, 0.717) is 10.0 Å². The molecule has 1 saturated heterocycles. The van der Waals surface area contributed by atoms with Crippen molar-refractivity contribution in [2.24, 2.45) is 0 Å². The summed E-state index contributed by atoms with van der Waals surface area (Å²) in [6.07, 6.45) is 0.994. The van der Waals surface area contributed by atoms with Gasteiger partial charge in [-0.25, -0.2) is 0 Å². The number of rotatable bonds is 2. The molecule has 1 aromatic carbocycles. The minimum absolute atomic E-state index is 0.105. The summed E-state index contributed by atoms with van der Waals surface area (Å²) < 4.78 is 0. The Balaban J connectivity index is 1.82. The molecular weight excluding hydrogens is 339 g/mol. The summed E-state index contributed by atoms with van der Waals surface area (Å²) in [6.45, 7) is 3.39. The van der Waals surface area contributed by atoms with Gasteiger partial charge in [-0.05, 0) is 48.9 Å². The number of hydrogen-bond donors (Lipinski definition) is 1. The standard InChI is InChI=1S/C16H16Cl2N2OS/c17-12-8-11(9-13(18)10-12)14-2-3-15(22-14)16(21)20-6-1-4-19-5-7-20/h2-3,8-10,19H,1,4-7H2. The van der Waals surface area contributed by atoms with Crippen LogP contribution >= 0.6 is 34.5 Å². The fraction of sp³-hybridized carbons (Fsp3) is 0.312. The molecule has 6 heteroatoms. The van der Waals surface area contributed by atoms with Crippen molar-refractivity contribution >= 4 is 40.4 Å². The number of hydrogen-bond acceptors (Lipinski definition) is 3. The van der Waals surface area contributed by atoms with E-state index in [1.54, 1.807) is 6.07 Å². The number of amides is 1. The first kappa shape index (κ1) is 15.8. The van der Waals surface area contributed by atoms with Crippen molar-refractivity contribution in [2.45, 2.75) is 6.42 Å². The van der Waals surface area contributed by atoms with E-state index < -0.39 is 0 Å². The molecule has 3 rings (SSSR count). The molecule has 3 nitrogen and oxygen atoms in total. The van der Waals surface area contributed by atoms with E-state index in [4.69, 9.17) is 23.2 Å². The summed E-state index contributed by atoms with van der Waals surface area (Å²) in [5.74, 6) is 0.105. The average molecular weight is 355 g/mol. The minimum Gasteiger partial charge on any atom is -0.337 e. The molecule has 1 fully saturated rings. The van der Waals surface area contributed by atoms with E-state index in [1.165, 1.54) is 11.3 Å².